The third kappa shape index (κ3) is 2.57. The molecule has 1 aliphatic carbocycles. The third-order valence-corrected chi connectivity index (χ3v) is 6.33. The first-order valence-electron chi connectivity index (χ1n) is 9.53. The number of hydrogen-bond donors (Lipinski definition) is 0. The molecular formula is C19H24N6O. The first-order chi connectivity index (χ1) is 12.7. The molecule has 4 heterocycles. The van der Waals surface area contributed by atoms with E-state index in [1.807, 2.05) is 11.9 Å². The highest BCUT2D eigenvalue weighted by Gasteiger charge is 2.42. The molecule has 2 aliphatic heterocycles. The zero-order chi connectivity index (χ0) is 17.7. The molecule has 7 heteroatoms. The van der Waals surface area contributed by atoms with E-state index < -0.39 is 0 Å². The Kier molecular flexibility index (Phi) is 3.69. The van der Waals surface area contributed by atoms with Gasteiger partial charge in [-0.2, -0.15) is 5.10 Å². The minimum Gasteiger partial charge on any atom is -0.356 e. The minimum atomic E-state index is 0.0975. The van der Waals surface area contributed by atoms with Crippen LogP contribution in [0.5, 0.6) is 0 Å². The van der Waals surface area contributed by atoms with Gasteiger partial charge in [0.05, 0.1) is 0 Å². The van der Waals surface area contributed by atoms with E-state index in [0.29, 0.717) is 23.4 Å². The summed E-state index contributed by atoms with van der Waals surface area (Å²) in [6.07, 6.45) is 7.23. The zero-order valence-corrected chi connectivity index (χ0v) is 15.1. The summed E-state index contributed by atoms with van der Waals surface area (Å²) in [7, 11) is 1.82. The molecule has 0 spiro atoms. The molecule has 1 saturated carbocycles. The molecule has 136 valence electrons. The van der Waals surface area contributed by atoms with Crippen molar-refractivity contribution in [3.63, 3.8) is 0 Å². The Hall–Kier alpha value is -2.44. The lowest BCUT2D eigenvalue weighted by Gasteiger charge is -2.26. The number of anilines is 1. The highest BCUT2D eigenvalue weighted by molar-refractivity contribution is 5.92. The van der Waals surface area contributed by atoms with Crippen molar-refractivity contribution < 1.29 is 4.79 Å². The number of aryl methyl sites for hydroxylation is 1. The molecule has 1 amide bonds. The summed E-state index contributed by atoms with van der Waals surface area (Å²) >= 11 is 0. The number of aromatic nitrogens is 4. The van der Waals surface area contributed by atoms with Gasteiger partial charge in [0.25, 0.3) is 5.91 Å². The maximum Gasteiger partial charge on any atom is 0.272 e. The van der Waals surface area contributed by atoms with Crippen molar-refractivity contribution in [2.75, 3.05) is 31.1 Å². The fourth-order valence-corrected chi connectivity index (χ4v) is 4.55. The van der Waals surface area contributed by atoms with Gasteiger partial charge in [-0.25, -0.2) is 9.97 Å². The molecule has 7 nitrogen and oxygen atoms in total. The summed E-state index contributed by atoms with van der Waals surface area (Å²) < 4.78 is 1.66. The lowest BCUT2D eigenvalue weighted by molar-refractivity contribution is 0.0771. The van der Waals surface area contributed by atoms with Gasteiger partial charge < -0.3 is 9.80 Å². The van der Waals surface area contributed by atoms with Gasteiger partial charge in [0, 0.05) is 68.9 Å². The van der Waals surface area contributed by atoms with E-state index in [-0.39, 0.29) is 5.91 Å². The second kappa shape index (κ2) is 6.07. The quantitative estimate of drug-likeness (QED) is 0.841. The molecule has 2 aromatic heterocycles. The maximum absolute atomic E-state index is 12.7. The van der Waals surface area contributed by atoms with Crippen LogP contribution in [-0.4, -0.2) is 56.7 Å². The van der Waals surface area contributed by atoms with Crippen molar-refractivity contribution in [2.24, 2.45) is 18.9 Å². The van der Waals surface area contributed by atoms with Crippen molar-refractivity contribution in [3.05, 3.63) is 36.0 Å². The van der Waals surface area contributed by atoms with Crippen molar-refractivity contribution in [3.8, 4) is 0 Å². The monoisotopic (exact) mass is 352 g/mol. The van der Waals surface area contributed by atoms with Crippen LogP contribution < -0.4 is 4.90 Å². The fraction of sp³-hybridized carbons (Fsp3) is 0.579. The first-order valence-corrected chi connectivity index (χ1v) is 9.53. The Labute approximate surface area is 153 Å². The molecule has 3 fully saturated rings. The van der Waals surface area contributed by atoms with Gasteiger partial charge in [-0.1, -0.05) is 6.42 Å². The van der Waals surface area contributed by atoms with Gasteiger partial charge in [-0.3, -0.25) is 9.48 Å². The molecule has 0 N–H and O–H groups in total. The minimum absolute atomic E-state index is 0.0975. The van der Waals surface area contributed by atoms with Crippen LogP contribution in [-0.2, 0) is 7.05 Å². The van der Waals surface area contributed by atoms with E-state index in [1.165, 1.54) is 25.0 Å². The predicted molar refractivity (Wildman–Crippen MR) is 96.9 cm³/mol. The van der Waals surface area contributed by atoms with Crippen LogP contribution in [0.3, 0.4) is 0 Å². The second-order valence-corrected chi connectivity index (χ2v) is 7.90. The van der Waals surface area contributed by atoms with Crippen molar-refractivity contribution in [1.29, 1.82) is 0 Å². The van der Waals surface area contributed by atoms with E-state index in [4.69, 9.17) is 0 Å². The first kappa shape index (κ1) is 15.8. The molecule has 26 heavy (non-hydrogen) atoms. The lowest BCUT2D eigenvalue weighted by atomic mass is 9.83. The van der Waals surface area contributed by atoms with Crippen LogP contribution in [0.25, 0.3) is 0 Å². The van der Waals surface area contributed by atoms with Crippen molar-refractivity contribution >= 4 is 11.7 Å². The highest BCUT2D eigenvalue weighted by atomic mass is 16.2. The van der Waals surface area contributed by atoms with Crippen molar-refractivity contribution in [1.82, 2.24) is 24.6 Å². The van der Waals surface area contributed by atoms with Gasteiger partial charge >= 0.3 is 0 Å². The smallest absolute Gasteiger partial charge is 0.272 e. The van der Waals surface area contributed by atoms with Crippen LogP contribution in [0.2, 0.25) is 0 Å². The molecule has 0 aromatic carbocycles. The van der Waals surface area contributed by atoms with E-state index in [1.54, 1.807) is 23.3 Å². The van der Waals surface area contributed by atoms with Crippen LogP contribution in [0.4, 0.5) is 5.82 Å². The molecule has 5 rings (SSSR count). The summed E-state index contributed by atoms with van der Waals surface area (Å²) in [4.78, 5) is 26.1. The van der Waals surface area contributed by atoms with Crippen LogP contribution >= 0.6 is 0 Å². The molecule has 2 aromatic rings. The number of hydrogen-bond acceptors (Lipinski definition) is 5. The predicted octanol–water partition coefficient (Wildman–Crippen LogP) is 1.69. The Bertz CT molecular complexity index is 815. The van der Waals surface area contributed by atoms with Crippen LogP contribution in [0.1, 0.15) is 41.4 Å². The molecule has 2 unspecified atom stereocenters. The number of carbonyl (C=O) groups is 1. The Morgan fingerprint density at radius 1 is 1.12 bits per heavy atom. The Morgan fingerprint density at radius 3 is 2.50 bits per heavy atom. The van der Waals surface area contributed by atoms with Crippen LogP contribution in [0, 0.1) is 11.8 Å². The van der Waals surface area contributed by atoms with Gasteiger partial charge in [-0.15, -0.1) is 0 Å². The number of carbonyl (C=O) groups excluding carboxylic acids is 1. The average molecular weight is 352 g/mol. The average Bonchev–Trinajstić information content (AvgIpc) is 3.27. The van der Waals surface area contributed by atoms with E-state index in [9.17, 15) is 4.79 Å². The Morgan fingerprint density at radius 2 is 1.88 bits per heavy atom. The topological polar surface area (TPSA) is 67.2 Å². The standard InChI is InChI=1S/C19H24N6O/c1-23-17(5-6-22-23)19(26)25-10-14-8-24(9-15(14)11-25)18-7-16(20-12-21-18)13-3-2-4-13/h5-7,12-15H,2-4,8-11H2,1H3. The Balaban J connectivity index is 1.26. The number of rotatable bonds is 3. The van der Waals surface area contributed by atoms with Gasteiger partial charge in [-0.05, 0) is 18.9 Å². The summed E-state index contributed by atoms with van der Waals surface area (Å²) in [5.74, 6) is 2.83. The van der Waals surface area contributed by atoms with Gasteiger partial charge in [0.1, 0.15) is 17.8 Å². The largest absolute Gasteiger partial charge is 0.356 e. The van der Waals surface area contributed by atoms with Gasteiger partial charge in [0.15, 0.2) is 0 Å². The van der Waals surface area contributed by atoms with Crippen molar-refractivity contribution in [2.45, 2.75) is 25.2 Å². The zero-order valence-electron chi connectivity index (χ0n) is 15.1. The second-order valence-electron chi connectivity index (χ2n) is 7.90. The van der Waals surface area contributed by atoms with Crippen LogP contribution in [0.15, 0.2) is 24.7 Å². The SMILES string of the molecule is Cn1nccc1C(=O)N1CC2CN(c3cc(C4CCC4)ncn3)CC2C1. The van der Waals surface area contributed by atoms with E-state index in [0.717, 1.165) is 32.0 Å². The van der Waals surface area contributed by atoms with E-state index in [2.05, 4.69) is 26.0 Å². The summed E-state index contributed by atoms with van der Waals surface area (Å²) in [5, 5.41) is 4.11. The third-order valence-electron chi connectivity index (χ3n) is 6.33. The molecule has 2 saturated heterocycles. The number of amides is 1. The highest BCUT2D eigenvalue weighted by Crippen LogP contribution is 2.38. The maximum atomic E-state index is 12.7. The van der Waals surface area contributed by atoms with E-state index >= 15 is 0 Å². The fourth-order valence-electron chi connectivity index (χ4n) is 4.55. The molecule has 2 atom stereocenters. The number of nitrogens with zero attached hydrogens (tertiary/aromatic N) is 6. The number of likely N-dealkylation sites (tertiary alicyclic amines) is 1. The molecular weight excluding hydrogens is 328 g/mol. The normalized spacial score (nSPS) is 25.4. The molecule has 0 bridgehead atoms. The molecule has 3 aliphatic rings. The summed E-state index contributed by atoms with van der Waals surface area (Å²) in [6.45, 7) is 3.60. The molecule has 0 radical (unpaired) electrons. The summed E-state index contributed by atoms with van der Waals surface area (Å²) in [5.41, 5.74) is 1.87. The summed E-state index contributed by atoms with van der Waals surface area (Å²) in [6, 6.07) is 3.98. The number of fused-ring (bicyclic) bond motifs is 1. The van der Waals surface area contributed by atoms with Gasteiger partial charge in [0.2, 0.25) is 0 Å². The lowest BCUT2D eigenvalue weighted by Crippen LogP contribution is -2.34.